The number of rotatable bonds is 4. The third-order valence-corrected chi connectivity index (χ3v) is 0.560. The zero-order valence-corrected chi connectivity index (χ0v) is 5.52. The Morgan fingerprint density at radius 2 is 2.00 bits per heavy atom. The van der Waals surface area contributed by atoms with E-state index in [0.29, 0.717) is 12.2 Å². The Kier molecular flexibility index (Phi) is 4.22. The van der Waals surface area contributed by atoms with Gasteiger partial charge in [0.15, 0.2) is 0 Å². The molecule has 0 spiro atoms. The maximum Gasteiger partial charge on any atom is 0.379 e. The third-order valence-electron chi connectivity index (χ3n) is 0.560. The molecule has 0 unspecified atom stereocenters. The van der Waals surface area contributed by atoms with E-state index in [-0.39, 0.29) is 0 Å². The van der Waals surface area contributed by atoms with E-state index < -0.39 is 11.9 Å². The molecule has 0 rings (SSSR count). The van der Waals surface area contributed by atoms with Crippen LogP contribution < -0.4 is 0 Å². The van der Waals surface area contributed by atoms with Gasteiger partial charge in [-0.05, 0) is 0 Å². The summed E-state index contributed by atoms with van der Waals surface area (Å²) in [5.74, 6) is -2.15. The fraction of sp³-hybridized carbons (Fsp3) is 0. The summed E-state index contributed by atoms with van der Waals surface area (Å²) < 4.78 is 0. The van der Waals surface area contributed by atoms with Crippen LogP contribution in [0.3, 0.4) is 0 Å². The highest BCUT2D eigenvalue weighted by atomic mass is 17.2. The van der Waals surface area contributed by atoms with E-state index >= 15 is 0 Å². The SMILES string of the molecule is C=COOC(=O)/C=C/C(=O)O. The number of carboxylic acid groups (broad SMARTS) is 1. The number of hydrogen-bond donors (Lipinski definition) is 1. The maximum atomic E-state index is 10.4. The first-order valence-corrected chi connectivity index (χ1v) is 2.56. The molecule has 0 radical (unpaired) electrons. The van der Waals surface area contributed by atoms with Gasteiger partial charge < -0.3 is 5.11 Å². The molecule has 0 heterocycles. The number of carbonyl (C=O) groups is 2. The average molecular weight is 158 g/mol. The Morgan fingerprint density at radius 3 is 2.45 bits per heavy atom. The van der Waals surface area contributed by atoms with Crippen molar-refractivity contribution >= 4 is 11.9 Å². The van der Waals surface area contributed by atoms with Crippen molar-refractivity contribution in [1.29, 1.82) is 0 Å². The molecule has 0 aromatic rings. The lowest BCUT2D eigenvalue weighted by Crippen LogP contribution is -1.99. The minimum Gasteiger partial charge on any atom is -0.478 e. The molecule has 11 heavy (non-hydrogen) atoms. The van der Waals surface area contributed by atoms with Crippen LogP contribution in [0.15, 0.2) is 25.0 Å². The zero-order chi connectivity index (χ0) is 8.69. The lowest BCUT2D eigenvalue weighted by atomic mass is 10.5. The van der Waals surface area contributed by atoms with Gasteiger partial charge in [0.25, 0.3) is 0 Å². The van der Waals surface area contributed by atoms with Crippen molar-refractivity contribution in [2.24, 2.45) is 0 Å². The van der Waals surface area contributed by atoms with Gasteiger partial charge >= 0.3 is 11.9 Å². The highest BCUT2D eigenvalue weighted by Gasteiger charge is 1.96. The van der Waals surface area contributed by atoms with Crippen LogP contribution in [0.4, 0.5) is 0 Å². The highest BCUT2D eigenvalue weighted by Crippen LogP contribution is 1.83. The van der Waals surface area contributed by atoms with Gasteiger partial charge in [0.05, 0.1) is 0 Å². The molecule has 0 aromatic carbocycles. The molecule has 0 bridgehead atoms. The third kappa shape index (κ3) is 6.10. The normalized spacial score (nSPS) is 9.09. The van der Waals surface area contributed by atoms with E-state index in [1.54, 1.807) is 0 Å². The molecule has 0 aliphatic rings. The van der Waals surface area contributed by atoms with Gasteiger partial charge in [-0.25, -0.2) is 14.5 Å². The van der Waals surface area contributed by atoms with Crippen LogP contribution in [-0.4, -0.2) is 17.0 Å². The van der Waals surface area contributed by atoms with Gasteiger partial charge in [0.2, 0.25) is 0 Å². The fourth-order valence-corrected chi connectivity index (χ4v) is 0.249. The van der Waals surface area contributed by atoms with E-state index in [1.165, 1.54) is 0 Å². The second-order valence-corrected chi connectivity index (χ2v) is 1.34. The average Bonchev–Trinajstić information content (AvgIpc) is 1.97. The van der Waals surface area contributed by atoms with Crippen molar-refractivity contribution in [1.82, 2.24) is 0 Å². The molecule has 0 aromatic heterocycles. The van der Waals surface area contributed by atoms with Crippen LogP contribution in [0.5, 0.6) is 0 Å². The van der Waals surface area contributed by atoms with Crippen molar-refractivity contribution in [3.63, 3.8) is 0 Å². The minimum absolute atomic E-state index is 0.634. The Bertz CT molecular complexity index is 193. The molecule has 0 aliphatic heterocycles. The van der Waals surface area contributed by atoms with Gasteiger partial charge in [-0.3, -0.25) is 4.89 Å². The van der Waals surface area contributed by atoms with Gasteiger partial charge in [-0.2, -0.15) is 0 Å². The van der Waals surface area contributed by atoms with Crippen LogP contribution in [0, 0.1) is 0 Å². The van der Waals surface area contributed by atoms with Crippen LogP contribution >= 0.6 is 0 Å². The van der Waals surface area contributed by atoms with Crippen LogP contribution in [0.2, 0.25) is 0 Å². The summed E-state index contributed by atoms with van der Waals surface area (Å²) in [4.78, 5) is 28.1. The number of hydrogen-bond acceptors (Lipinski definition) is 4. The van der Waals surface area contributed by atoms with E-state index in [1.807, 2.05) is 0 Å². The predicted molar refractivity (Wildman–Crippen MR) is 34.1 cm³/mol. The van der Waals surface area contributed by atoms with E-state index in [2.05, 4.69) is 16.4 Å². The smallest absolute Gasteiger partial charge is 0.379 e. The lowest BCUT2D eigenvalue weighted by Gasteiger charge is -1.92. The maximum absolute atomic E-state index is 10.4. The number of carbonyl (C=O) groups excluding carboxylic acids is 1. The highest BCUT2D eigenvalue weighted by molar-refractivity contribution is 5.90. The summed E-state index contributed by atoms with van der Waals surface area (Å²) in [5, 5.41) is 8.03. The first-order valence-electron chi connectivity index (χ1n) is 2.56. The van der Waals surface area contributed by atoms with Crippen LogP contribution in [0.1, 0.15) is 0 Å². The molecular weight excluding hydrogens is 152 g/mol. The molecule has 60 valence electrons. The van der Waals surface area contributed by atoms with Crippen LogP contribution in [-0.2, 0) is 19.4 Å². The molecule has 0 aliphatic carbocycles. The summed E-state index contributed by atoms with van der Waals surface area (Å²) in [7, 11) is 0. The van der Waals surface area contributed by atoms with Gasteiger partial charge in [0, 0.05) is 12.2 Å². The molecule has 0 amide bonds. The molecular formula is C6H6O5. The Morgan fingerprint density at radius 1 is 1.36 bits per heavy atom. The number of carboxylic acids is 1. The summed E-state index contributed by atoms with van der Waals surface area (Å²) in [6, 6.07) is 0. The number of aliphatic carboxylic acids is 1. The van der Waals surface area contributed by atoms with Crippen molar-refractivity contribution in [3.8, 4) is 0 Å². The molecule has 1 N–H and O–H groups in total. The predicted octanol–water partition coefficient (Wildman–Crippen LogP) is 0.245. The quantitative estimate of drug-likeness (QED) is 0.274. The van der Waals surface area contributed by atoms with Gasteiger partial charge in [-0.15, -0.1) is 0 Å². The summed E-state index contributed by atoms with van der Waals surface area (Å²) >= 11 is 0. The second kappa shape index (κ2) is 5.04. The zero-order valence-electron chi connectivity index (χ0n) is 5.52. The van der Waals surface area contributed by atoms with Gasteiger partial charge in [0.1, 0.15) is 6.26 Å². The topological polar surface area (TPSA) is 72.8 Å². The standard InChI is InChI=1S/C6H6O5/c1-2-10-11-6(9)4-3-5(7)8/h2-4H,1H2,(H,7,8)/b4-3+. The lowest BCUT2D eigenvalue weighted by molar-refractivity contribution is -0.232. The summed E-state index contributed by atoms with van der Waals surface area (Å²) in [6.07, 6.45) is 2.24. The molecule has 0 saturated carbocycles. The summed E-state index contributed by atoms with van der Waals surface area (Å²) in [6.45, 7) is 3.09. The Labute approximate surface area is 62.5 Å². The Hall–Kier alpha value is -1.78. The first kappa shape index (κ1) is 9.22. The van der Waals surface area contributed by atoms with E-state index in [4.69, 9.17) is 5.11 Å². The second-order valence-electron chi connectivity index (χ2n) is 1.34. The Balaban J connectivity index is 3.68. The molecule has 5 nitrogen and oxygen atoms in total. The monoisotopic (exact) mass is 158 g/mol. The minimum atomic E-state index is -1.24. The van der Waals surface area contributed by atoms with E-state index in [9.17, 15) is 9.59 Å². The molecule has 5 heteroatoms. The van der Waals surface area contributed by atoms with Crippen molar-refractivity contribution in [2.75, 3.05) is 0 Å². The van der Waals surface area contributed by atoms with Crippen molar-refractivity contribution in [3.05, 3.63) is 25.0 Å². The summed E-state index contributed by atoms with van der Waals surface area (Å²) in [5.41, 5.74) is 0. The largest absolute Gasteiger partial charge is 0.478 e. The molecule has 0 atom stereocenters. The molecule has 0 fully saturated rings. The van der Waals surface area contributed by atoms with Gasteiger partial charge in [-0.1, -0.05) is 6.58 Å². The van der Waals surface area contributed by atoms with Crippen LogP contribution in [0.25, 0.3) is 0 Å². The fourth-order valence-electron chi connectivity index (χ4n) is 0.249. The molecule has 0 saturated heterocycles. The van der Waals surface area contributed by atoms with Crippen molar-refractivity contribution in [2.45, 2.75) is 0 Å². The van der Waals surface area contributed by atoms with Crippen molar-refractivity contribution < 1.29 is 24.5 Å². The first-order chi connectivity index (χ1) is 5.16. The van der Waals surface area contributed by atoms with E-state index in [0.717, 1.165) is 6.26 Å².